The summed E-state index contributed by atoms with van der Waals surface area (Å²) in [7, 11) is 1.61. The second-order valence-corrected chi connectivity index (χ2v) is 5.21. The van der Waals surface area contributed by atoms with E-state index in [9.17, 15) is 4.39 Å². The number of benzene rings is 1. The summed E-state index contributed by atoms with van der Waals surface area (Å²) in [5.74, 6) is 0.527. The first-order valence-corrected chi connectivity index (χ1v) is 6.99. The summed E-state index contributed by atoms with van der Waals surface area (Å²) in [4.78, 5) is 2.15. The molecular formula is C15H23FN2O. The highest BCUT2D eigenvalue weighted by molar-refractivity contribution is 5.53. The molecule has 0 aliphatic carbocycles. The number of nitrogens with zero attached hydrogens (tertiary/aromatic N) is 1. The topological polar surface area (TPSA) is 24.5 Å². The molecule has 0 saturated carbocycles. The monoisotopic (exact) mass is 266 g/mol. The zero-order chi connectivity index (χ0) is 13.8. The molecule has 1 aliphatic rings. The number of methoxy groups -OCH3 is 1. The van der Waals surface area contributed by atoms with Crippen LogP contribution < -0.4 is 15.0 Å². The molecule has 106 valence electrons. The maximum absolute atomic E-state index is 14.1. The first-order chi connectivity index (χ1) is 9.15. The molecule has 3 nitrogen and oxygen atoms in total. The van der Waals surface area contributed by atoms with Gasteiger partial charge in [-0.05, 0) is 25.5 Å². The Morgan fingerprint density at radius 2 is 2.26 bits per heavy atom. The van der Waals surface area contributed by atoms with Crippen molar-refractivity contribution in [3.8, 4) is 5.75 Å². The Morgan fingerprint density at radius 3 is 2.95 bits per heavy atom. The van der Waals surface area contributed by atoms with Gasteiger partial charge in [0.2, 0.25) is 0 Å². The predicted octanol–water partition coefficient (Wildman–Crippen LogP) is 2.80. The fourth-order valence-electron chi connectivity index (χ4n) is 2.65. The first-order valence-electron chi connectivity index (χ1n) is 6.99. The van der Waals surface area contributed by atoms with Crippen molar-refractivity contribution in [2.24, 2.45) is 0 Å². The van der Waals surface area contributed by atoms with Crippen LogP contribution in [0.15, 0.2) is 18.2 Å². The van der Waals surface area contributed by atoms with Crippen molar-refractivity contribution in [2.45, 2.75) is 38.8 Å². The van der Waals surface area contributed by atoms with Crippen LogP contribution in [-0.2, 0) is 0 Å². The van der Waals surface area contributed by atoms with E-state index in [1.807, 2.05) is 0 Å². The number of anilines is 1. The molecule has 0 spiro atoms. The van der Waals surface area contributed by atoms with Gasteiger partial charge in [0.25, 0.3) is 0 Å². The average Bonchev–Trinajstić information content (AvgIpc) is 2.42. The Hall–Kier alpha value is -1.29. The third-order valence-electron chi connectivity index (χ3n) is 3.75. The summed E-state index contributed by atoms with van der Waals surface area (Å²) >= 11 is 0. The lowest BCUT2D eigenvalue weighted by Gasteiger charge is -2.40. The predicted molar refractivity (Wildman–Crippen MR) is 76.5 cm³/mol. The van der Waals surface area contributed by atoms with Crippen LogP contribution in [0, 0.1) is 5.82 Å². The Kier molecular flexibility index (Phi) is 4.64. The van der Waals surface area contributed by atoms with Crippen LogP contribution >= 0.6 is 0 Å². The third-order valence-corrected chi connectivity index (χ3v) is 3.75. The number of piperazine rings is 1. The quantitative estimate of drug-likeness (QED) is 0.907. The molecule has 1 aromatic rings. The highest BCUT2D eigenvalue weighted by Crippen LogP contribution is 2.28. The van der Waals surface area contributed by atoms with Gasteiger partial charge in [-0.3, -0.25) is 0 Å². The minimum absolute atomic E-state index is 0.176. The average molecular weight is 266 g/mol. The molecule has 1 fully saturated rings. The lowest BCUT2D eigenvalue weighted by Crippen LogP contribution is -2.55. The lowest BCUT2D eigenvalue weighted by atomic mass is 10.0. The molecule has 4 heteroatoms. The standard InChI is InChI=1S/C15H23FN2O/c1-4-5-12-10-18(11(2)9-17-12)15-8-13(19-3)6-7-14(15)16/h6-8,11-12,17H,4-5,9-10H2,1-3H3. The summed E-state index contributed by atoms with van der Waals surface area (Å²) < 4.78 is 19.3. The van der Waals surface area contributed by atoms with Gasteiger partial charge >= 0.3 is 0 Å². The van der Waals surface area contributed by atoms with Crippen LogP contribution in [0.3, 0.4) is 0 Å². The highest BCUT2D eigenvalue weighted by atomic mass is 19.1. The van der Waals surface area contributed by atoms with Gasteiger partial charge in [-0.15, -0.1) is 0 Å². The molecule has 1 aromatic carbocycles. The van der Waals surface area contributed by atoms with E-state index >= 15 is 0 Å². The van der Waals surface area contributed by atoms with Gasteiger partial charge in [-0.1, -0.05) is 13.3 Å². The smallest absolute Gasteiger partial charge is 0.146 e. The SMILES string of the molecule is CCCC1CN(c2cc(OC)ccc2F)C(C)CN1. The summed E-state index contributed by atoms with van der Waals surface area (Å²) in [6, 6.07) is 5.66. The molecular weight excluding hydrogens is 243 g/mol. The number of nitrogens with one attached hydrogen (secondary N) is 1. The van der Waals surface area contributed by atoms with Crippen molar-refractivity contribution >= 4 is 5.69 Å². The van der Waals surface area contributed by atoms with Crippen LogP contribution in [-0.4, -0.2) is 32.3 Å². The minimum Gasteiger partial charge on any atom is -0.497 e. The van der Waals surface area contributed by atoms with Gasteiger partial charge in [0.05, 0.1) is 12.8 Å². The highest BCUT2D eigenvalue weighted by Gasteiger charge is 2.26. The van der Waals surface area contributed by atoms with E-state index in [0.29, 0.717) is 17.5 Å². The Balaban J connectivity index is 2.22. The van der Waals surface area contributed by atoms with Crippen LogP contribution in [0.5, 0.6) is 5.75 Å². The molecule has 2 rings (SSSR count). The van der Waals surface area contributed by atoms with Crippen molar-refractivity contribution in [3.63, 3.8) is 0 Å². The largest absolute Gasteiger partial charge is 0.497 e. The van der Waals surface area contributed by atoms with Gasteiger partial charge in [0.1, 0.15) is 11.6 Å². The lowest BCUT2D eigenvalue weighted by molar-refractivity contribution is 0.381. The van der Waals surface area contributed by atoms with E-state index in [4.69, 9.17) is 4.74 Å². The molecule has 1 saturated heterocycles. The van der Waals surface area contributed by atoms with Crippen LogP contribution in [0.2, 0.25) is 0 Å². The maximum Gasteiger partial charge on any atom is 0.146 e. The molecule has 1 N–H and O–H groups in total. The first kappa shape index (κ1) is 14.1. The number of hydrogen-bond donors (Lipinski definition) is 1. The third kappa shape index (κ3) is 3.18. The second kappa shape index (κ2) is 6.24. The minimum atomic E-state index is -0.176. The molecule has 2 atom stereocenters. The van der Waals surface area contributed by atoms with E-state index in [-0.39, 0.29) is 11.9 Å². The second-order valence-electron chi connectivity index (χ2n) is 5.21. The summed E-state index contributed by atoms with van der Waals surface area (Å²) in [5, 5.41) is 3.52. The molecule has 1 aliphatic heterocycles. The van der Waals surface area contributed by atoms with Crippen LogP contribution in [0.25, 0.3) is 0 Å². The van der Waals surface area contributed by atoms with E-state index in [1.54, 1.807) is 19.2 Å². The molecule has 0 bridgehead atoms. The van der Waals surface area contributed by atoms with E-state index < -0.39 is 0 Å². The number of halogens is 1. The summed E-state index contributed by atoms with van der Waals surface area (Å²) in [5.41, 5.74) is 0.648. The van der Waals surface area contributed by atoms with Crippen molar-refractivity contribution in [3.05, 3.63) is 24.0 Å². The number of hydrogen-bond acceptors (Lipinski definition) is 3. The van der Waals surface area contributed by atoms with E-state index in [2.05, 4.69) is 24.1 Å². The Bertz CT molecular complexity index is 425. The van der Waals surface area contributed by atoms with Crippen molar-refractivity contribution in [1.82, 2.24) is 5.32 Å². The molecule has 0 aromatic heterocycles. The summed E-state index contributed by atoms with van der Waals surface area (Å²) in [6.45, 7) is 6.03. The van der Waals surface area contributed by atoms with Gasteiger partial charge in [0, 0.05) is 31.2 Å². The maximum atomic E-state index is 14.1. The van der Waals surface area contributed by atoms with Gasteiger partial charge in [-0.2, -0.15) is 0 Å². The van der Waals surface area contributed by atoms with E-state index in [1.165, 1.54) is 6.07 Å². The van der Waals surface area contributed by atoms with Crippen molar-refractivity contribution in [2.75, 3.05) is 25.1 Å². The van der Waals surface area contributed by atoms with Gasteiger partial charge in [0.15, 0.2) is 0 Å². The Morgan fingerprint density at radius 1 is 1.47 bits per heavy atom. The fraction of sp³-hybridized carbons (Fsp3) is 0.600. The molecule has 0 radical (unpaired) electrons. The van der Waals surface area contributed by atoms with Gasteiger partial charge < -0.3 is 15.0 Å². The molecule has 1 heterocycles. The van der Waals surface area contributed by atoms with Crippen LogP contribution in [0.4, 0.5) is 10.1 Å². The summed E-state index contributed by atoms with van der Waals surface area (Å²) in [6.07, 6.45) is 2.26. The molecule has 0 amide bonds. The molecule has 2 unspecified atom stereocenters. The van der Waals surface area contributed by atoms with Crippen LogP contribution in [0.1, 0.15) is 26.7 Å². The normalized spacial score (nSPS) is 23.5. The van der Waals surface area contributed by atoms with Crippen molar-refractivity contribution in [1.29, 1.82) is 0 Å². The van der Waals surface area contributed by atoms with Crippen molar-refractivity contribution < 1.29 is 9.13 Å². The van der Waals surface area contributed by atoms with Gasteiger partial charge in [-0.25, -0.2) is 4.39 Å². The number of rotatable bonds is 4. The Labute approximate surface area is 114 Å². The number of ether oxygens (including phenoxy) is 1. The molecule has 19 heavy (non-hydrogen) atoms. The fourth-order valence-corrected chi connectivity index (χ4v) is 2.65. The van der Waals surface area contributed by atoms with E-state index in [0.717, 1.165) is 25.9 Å². The zero-order valence-electron chi connectivity index (χ0n) is 11.9. The zero-order valence-corrected chi connectivity index (χ0v) is 11.9.